The van der Waals surface area contributed by atoms with E-state index in [2.05, 4.69) is 10.6 Å². The number of ether oxygens (including phenoxy) is 2. The van der Waals surface area contributed by atoms with E-state index in [9.17, 15) is 14.4 Å². The third-order valence-electron chi connectivity index (χ3n) is 6.21. The normalized spacial score (nSPS) is 19.1. The first kappa shape index (κ1) is 21.1. The average molecular weight is 447 g/mol. The van der Waals surface area contributed by atoms with Crippen LogP contribution in [-0.2, 0) is 27.2 Å². The highest BCUT2D eigenvalue weighted by molar-refractivity contribution is 6.00. The zero-order valence-corrected chi connectivity index (χ0v) is 18.3. The number of anilines is 1. The number of benzene rings is 2. The number of hydrogen-bond acceptors (Lipinski definition) is 5. The van der Waals surface area contributed by atoms with Crippen molar-refractivity contribution in [3.05, 3.63) is 70.4 Å². The smallest absolute Gasteiger partial charge is 0.338 e. The zero-order chi connectivity index (χ0) is 22.9. The summed E-state index contributed by atoms with van der Waals surface area (Å²) in [5.41, 5.74) is 4.67. The number of nitrogens with one attached hydrogen (secondary N) is 2. The van der Waals surface area contributed by atoms with Crippen molar-refractivity contribution >= 4 is 23.6 Å². The Balaban J connectivity index is 1.39. The molecule has 5 rings (SSSR count). The second kappa shape index (κ2) is 8.61. The maximum atomic E-state index is 13.0. The van der Waals surface area contributed by atoms with Crippen molar-refractivity contribution in [3.63, 3.8) is 0 Å². The van der Waals surface area contributed by atoms with Gasteiger partial charge >= 0.3 is 12.0 Å². The minimum atomic E-state index is -0.707. The zero-order valence-electron chi connectivity index (χ0n) is 18.3. The van der Waals surface area contributed by atoms with E-state index in [4.69, 9.17) is 9.47 Å². The molecule has 0 saturated heterocycles. The monoisotopic (exact) mass is 447 g/mol. The molecule has 2 heterocycles. The molecule has 2 N–H and O–H groups in total. The number of para-hydroxylation sites is 1. The van der Waals surface area contributed by atoms with E-state index in [1.165, 1.54) is 16.0 Å². The van der Waals surface area contributed by atoms with Gasteiger partial charge in [0.1, 0.15) is 18.9 Å². The van der Waals surface area contributed by atoms with Crippen LogP contribution in [0.4, 0.5) is 10.5 Å². The SMILES string of the molecule is CCOc1ccccc1[C@@H]1NC(=O)N(CC(=O)Nc2ccc3c(c2)CCC3)C2=C1C(=O)OC2. The molecule has 0 fully saturated rings. The van der Waals surface area contributed by atoms with Gasteiger partial charge in [-0.3, -0.25) is 9.69 Å². The minimum Gasteiger partial charge on any atom is -0.494 e. The standard InChI is InChI=1S/C25H25N3O5/c1-2-32-20-9-4-3-8-18(20)23-22-19(14-33-24(22)30)28(25(31)27-23)13-21(29)26-17-11-10-15-6-5-7-16(15)12-17/h3-4,8-12,23H,2,5-7,13-14H2,1H3,(H,26,29)(H,27,31)/t23-/m0/s1. The number of nitrogens with zero attached hydrogens (tertiary/aromatic N) is 1. The quantitative estimate of drug-likeness (QED) is 0.664. The summed E-state index contributed by atoms with van der Waals surface area (Å²) in [6.07, 6.45) is 3.20. The summed E-state index contributed by atoms with van der Waals surface area (Å²) in [5, 5.41) is 5.73. The lowest BCUT2D eigenvalue weighted by Crippen LogP contribution is -2.49. The maximum Gasteiger partial charge on any atom is 0.338 e. The van der Waals surface area contributed by atoms with E-state index < -0.39 is 18.0 Å². The Morgan fingerprint density at radius 1 is 1.18 bits per heavy atom. The Bertz CT molecular complexity index is 1170. The first-order chi connectivity index (χ1) is 16.0. The molecular formula is C25H25N3O5. The Morgan fingerprint density at radius 2 is 2.00 bits per heavy atom. The molecule has 2 aromatic carbocycles. The maximum absolute atomic E-state index is 13.0. The van der Waals surface area contributed by atoms with Crippen LogP contribution in [0.15, 0.2) is 53.7 Å². The summed E-state index contributed by atoms with van der Waals surface area (Å²) in [4.78, 5) is 39.7. The van der Waals surface area contributed by atoms with Gasteiger partial charge in [-0.05, 0) is 55.5 Å². The van der Waals surface area contributed by atoms with E-state index in [0.29, 0.717) is 34.9 Å². The molecule has 0 saturated carbocycles. The second-order valence-corrected chi connectivity index (χ2v) is 8.26. The van der Waals surface area contributed by atoms with Crippen molar-refractivity contribution in [2.24, 2.45) is 0 Å². The lowest BCUT2D eigenvalue weighted by atomic mass is 9.95. The number of aryl methyl sites for hydroxylation is 2. The molecule has 0 spiro atoms. The molecule has 33 heavy (non-hydrogen) atoms. The number of urea groups is 1. The fourth-order valence-corrected chi connectivity index (χ4v) is 4.71. The van der Waals surface area contributed by atoms with E-state index in [1.54, 1.807) is 6.07 Å². The van der Waals surface area contributed by atoms with Gasteiger partial charge in [0, 0.05) is 11.3 Å². The van der Waals surface area contributed by atoms with Crippen LogP contribution in [0.1, 0.15) is 36.1 Å². The molecule has 0 radical (unpaired) electrons. The Labute approximate surface area is 191 Å². The fourth-order valence-electron chi connectivity index (χ4n) is 4.71. The van der Waals surface area contributed by atoms with Gasteiger partial charge in [-0.1, -0.05) is 24.3 Å². The molecule has 2 aliphatic heterocycles. The summed E-state index contributed by atoms with van der Waals surface area (Å²) < 4.78 is 11.0. The van der Waals surface area contributed by atoms with Crippen LogP contribution in [0.3, 0.4) is 0 Å². The molecule has 8 heteroatoms. The summed E-state index contributed by atoms with van der Waals surface area (Å²) >= 11 is 0. The molecule has 1 atom stereocenters. The third-order valence-corrected chi connectivity index (χ3v) is 6.21. The lowest BCUT2D eigenvalue weighted by Gasteiger charge is -2.33. The van der Waals surface area contributed by atoms with Crippen molar-refractivity contribution in [2.45, 2.75) is 32.2 Å². The summed E-state index contributed by atoms with van der Waals surface area (Å²) in [5.74, 6) is -0.271. The lowest BCUT2D eigenvalue weighted by molar-refractivity contribution is -0.136. The Morgan fingerprint density at radius 3 is 2.85 bits per heavy atom. The van der Waals surface area contributed by atoms with E-state index >= 15 is 0 Å². The van der Waals surface area contributed by atoms with Gasteiger partial charge in [0.25, 0.3) is 0 Å². The fraction of sp³-hybridized carbons (Fsp3) is 0.320. The van der Waals surface area contributed by atoms with Crippen LogP contribution >= 0.6 is 0 Å². The van der Waals surface area contributed by atoms with Crippen molar-refractivity contribution in [1.29, 1.82) is 0 Å². The molecule has 8 nitrogen and oxygen atoms in total. The van der Waals surface area contributed by atoms with Gasteiger partial charge in [-0.25, -0.2) is 9.59 Å². The van der Waals surface area contributed by atoms with Crippen LogP contribution < -0.4 is 15.4 Å². The molecule has 170 valence electrons. The van der Waals surface area contributed by atoms with Crippen molar-refractivity contribution < 1.29 is 23.9 Å². The van der Waals surface area contributed by atoms with Crippen LogP contribution in [0.25, 0.3) is 0 Å². The Hall–Kier alpha value is -3.81. The van der Waals surface area contributed by atoms with Crippen LogP contribution in [0.5, 0.6) is 5.75 Å². The highest BCUT2D eigenvalue weighted by Crippen LogP contribution is 2.38. The summed E-state index contributed by atoms with van der Waals surface area (Å²) in [6.45, 7) is 2.04. The number of cyclic esters (lactones) is 1. The van der Waals surface area contributed by atoms with Crippen LogP contribution in [0, 0.1) is 0 Å². The van der Waals surface area contributed by atoms with Gasteiger partial charge < -0.3 is 20.1 Å². The van der Waals surface area contributed by atoms with Crippen molar-refractivity contribution in [3.8, 4) is 5.75 Å². The average Bonchev–Trinajstić information content (AvgIpc) is 3.42. The summed E-state index contributed by atoms with van der Waals surface area (Å²) in [7, 11) is 0. The predicted octanol–water partition coefficient (Wildman–Crippen LogP) is 3.09. The van der Waals surface area contributed by atoms with E-state index in [0.717, 1.165) is 19.3 Å². The molecule has 2 aromatic rings. The number of rotatable bonds is 6. The molecular weight excluding hydrogens is 422 g/mol. The molecule has 3 aliphatic rings. The highest BCUT2D eigenvalue weighted by atomic mass is 16.5. The molecule has 0 unspecified atom stereocenters. The first-order valence-electron chi connectivity index (χ1n) is 11.2. The predicted molar refractivity (Wildman–Crippen MR) is 121 cm³/mol. The number of carbonyl (C=O) groups excluding carboxylic acids is 3. The number of hydrogen-bond donors (Lipinski definition) is 2. The third kappa shape index (κ3) is 3.92. The van der Waals surface area contributed by atoms with Gasteiger partial charge in [0.2, 0.25) is 5.91 Å². The largest absolute Gasteiger partial charge is 0.494 e. The Kier molecular flexibility index (Phi) is 5.50. The van der Waals surface area contributed by atoms with Gasteiger partial charge in [0.05, 0.1) is 23.9 Å². The van der Waals surface area contributed by atoms with Gasteiger partial charge in [0.15, 0.2) is 0 Å². The van der Waals surface area contributed by atoms with Gasteiger partial charge in [-0.15, -0.1) is 0 Å². The minimum absolute atomic E-state index is 0.0545. The number of fused-ring (bicyclic) bond motifs is 1. The summed E-state index contributed by atoms with van der Waals surface area (Å²) in [6, 6.07) is 12.0. The van der Waals surface area contributed by atoms with Crippen molar-refractivity contribution in [1.82, 2.24) is 10.2 Å². The molecule has 0 aromatic heterocycles. The topological polar surface area (TPSA) is 97.0 Å². The molecule has 3 amide bonds. The molecule has 0 bridgehead atoms. The highest BCUT2D eigenvalue weighted by Gasteiger charge is 2.43. The second-order valence-electron chi connectivity index (χ2n) is 8.26. The number of esters is 1. The van der Waals surface area contributed by atoms with Crippen LogP contribution in [0.2, 0.25) is 0 Å². The van der Waals surface area contributed by atoms with Crippen molar-refractivity contribution in [2.75, 3.05) is 25.1 Å². The number of carbonyl (C=O) groups is 3. The first-order valence-corrected chi connectivity index (χ1v) is 11.2. The van der Waals surface area contributed by atoms with E-state index in [1.807, 2.05) is 43.3 Å². The number of amides is 3. The molecule has 1 aliphatic carbocycles. The van der Waals surface area contributed by atoms with Gasteiger partial charge in [-0.2, -0.15) is 0 Å². The van der Waals surface area contributed by atoms with E-state index in [-0.39, 0.29) is 19.1 Å². The van der Waals surface area contributed by atoms with Crippen LogP contribution in [-0.4, -0.2) is 42.6 Å².